The minimum absolute atomic E-state index is 0.0399. The molecule has 0 saturated heterocycles. The molecule has 0 aliphatic heterocycles. The maximum atomic E-state index is 12.5. The fraction of sp³-hybridized carbons (Fsp3) is 0.0556. The molecule has 0 bridgehead atoms. The number of carbonyl (C=O) groups is 2. The van der Waals surface area contributed by atoms with Crippen molar-refractivity contribution in [1.82, 2.24) is 4.98 Å². The molecule has 2 aromatic carbocycles. The van der Waals surface area contributed by atoms with Gasteiger partial charge < -0.3 is 5.32 Å². The molecule has 1 heterocycles. The summed E-state index contributed by atoms with van der Waals surface area (Å²) in [6.45, 7) is 0. The fourth-order valence-corrected chi connectivity index (χ4v) is 3.75. The second-order valence-corrected chi connectivity index (χ2v) is 8.47. The maximum Gasteiger partial charge on any atom is 0.257 e. The molecule has 0 radical (unpaired) electrons. The van der Waals surface area contributed by atoms with E-state index in [4.69, 9.17) is 0 Å². The Morgan fingerprint density at radius 2 is 1.67 bits per heavy atom. The summed E-state index contributed by atoms with van der Waals surface area (Å²) < 4.78 is 23.7. The number of sulfone groups is 1. The number of hydrogen-bond donors (Lipinski definition) is 2. The van der Waals surface area contributed by atoms with Crippen LogP contribution in [0.4, 0.5) is 10.8 Å². The van der Waals surface area contributed by atoms with Gasteiger partial charge in [-0.2, -0.15) is 0 Å². The van der Waals surface area contributed by atoms with Crippen LogP contribution in [0.3, 0.4) is 0 Å². The Bertz CT molecular complexity index is 1080. The van der Waals surface area contributed by atoms with Gasteiger partial charge in [0.25, 0.3) is 11.8 Å². The van der Waals surface area contributed by atoms with E-state index in [-0.39, 0.29) is 16.4 Å². The SMILES string of the molecule is CS(=O)(=O)c1ccccc1C(=O)Nc1ccc(C(=O)Nc2nccs2)cc1. The molecule has 9 heteroatoms. The van der Waals surface area contributed by atoms with Gasteiger partial charge in [-0.3, -0.25) is 14.9 Å². The molecule has 1 aromatic heterocycles. The predicted octanol–water partition coefficient (Wildman–Crippen LogP) is 3.05. The van der Waals surface area contributed by atoms with Crippen LogP contribution >= 0.6 is 11.3 Å². The third-order valence-corrected chi connectivity index (χ3v) is 5.43. The lowest BCUT2D eigenvalue weighted by molar-refractivity contribution is 0.101. The van der Waals surface area contributed by atoms with Crippen molar-refractivity contribution in [2.45, 2.75) is 4.90 Å². The molecular weight excluding hydrogens is 386 g/mol. The van der Waals surface area contributed by atoms with Crippen LogP contribution in [0.5, 0.6) is 0 Å². The van der Waals surface area contributed by atoms with Crippen LogP contribution in [0.25, 0.3) is 0 Å². The van der Waals surface area contributed by atoms with E-state index in [9.17, 15) is 18.0 Å². The summed E-state index contributed by atoms with van der Waals surface area (Å²) in [4.78, 5) is 28.5. The van der Waals surface area contributed by atoms with Gasteiger partial charge in [-0.15, -0.1) is 11.3 Å². The van der Waals surface area contributed by atoms with Crippen LogP contribution in [0.2, 0.25) is 0 Å². The van der Waals surface area contributed by atoms with E-state index in [0.717, 1.165) is 6.26 Å². The van der Waals surface area contributed by atoms with Gasteiger partial charge in [-0.05, 0) is 36.4 Å². The smallest absolute Gasteiger partial charge is 0.257 e. The van der Waals surface area contributed by atoms with Gasteiger partial charge >= 0.3 is 0 Å². The van der Waals surface area contributed by atoms with Crippen molar-refractivity contribution in [3.63, 3.8) is 0 Å². The number of thiazole rings is 1. The lowest BCUT2D eigenvalue weighted by atomic mass is 10.1. The van der Waals surface area contributed by atoms with Crippen molar-refractivity contribution in [1.29, 1.82) is 0 Å². The summed E-state index contributed by atoms with van der Waals surface area (Å²) in [5.41, 5.74) is 0.902. The highest BCUT2D eigenvalue weighted by atomic mass is 32.2. The highest BCUT2D eigenvalue weighted by Gasteiger charge is 2.18. The molecule has 0 saturated carbocycles. The molecule has 0 unspecified atom stereocenters. The van der Waals surface area contributed by atoms with Crippen LogP contribution in [0.15, 0.2) is 65.0 Å². The largest absolute Gasteiger partial charge is 0.322 e. The number of amides is 2. The molecule has 0 aliphatic carbocycles. The van der Waals surface area contributed by atoms with Crippen molar-refractivity contribution in [2.24, 2.45) is 0 Å². The molecule has 0 atom stereocenters. The molecule has 2 amide bonds. The van der Waals surface area contributed by atoms with Crippen molar-refractivity contribution >= 4 is 43.8 Å². The molecule has 2 N–H and O–H groups in total. The fourth-order valence-electron chi connectivity index (χ4n) is 2.34. The summed E-state index contributed by atoms with van der Waals surface area (Å²) in [5.74, 6) is -0.860. The highest BCUT2D eigenvalue weighted by molar-refractivity contribution is 7.90. The monoisotopic (exact) mass is 401 g/mol. The summed E-state index contributed by atoms with van der Waals surface area (Å²) in [5, 5.41) is 7.55. The Kier molecular flexibility index (Phi) is 5.33. The zero-order chi connectivity index (χ0) is 19.4. The summed E-state index contributed by atoms with van der Waals surface area (Å²) in [6, 6.07) is 12.2. The number of aromatic nitrogens is 1. The quantitative estimate of drug-likeness (QED) is 0.684. The van der Waals surface area contributed by atoms with E-state index in [1.165, 1.54) is 23.5 Å². The third kappa shape index (κ3) is 4.57. The predicted molar refractivity (Wildman–Crippen MR) is 104 cm³/mol. The molecule has 7 nitrogen and oxygen atoms in total. The lowest BCUT2D eigenvalue weighted by Gasteiger charge is -2.09. The van der Waals surface area contributed by atoms with E-state index in [2.05, 4.69) is 15.6 Å². The number of carbonyl (C=O) groups excluding carboxylic acids is 2. The van der Waals surface area contributed by atoms with Crippen LogP contribution in [-0.2, 0) is 9.84 Å². The molecule has 138 valence electrons. The van der Waals surface area contributed by atoms with Crippen LogP contribution < -0.4 is 10.6 Å². The van der Waals surface area contributed by atoms with E-state index >= 15 is 0 Å². The molecule has 0 fully saturated rings. The van der Waals surface area contributed by atoms with Gasteiger partial charge in [-0.1, -0.05) is 12.1 Å². The maximum absolute atomic E-state index is 12.5. The normalized spacial score (nSPS) is 11.0. The highest BCUT2D eigenvalue weighted by Crippen LogP contribution is 2.18. The Balaban J connectivity index is 1.74. The number of nitrogens with one attached hydrogen (secondary N) is 2. The standard InChI is InChI=1S/C18H15N3O4S2/c1-27(24,25)15-5-3-2-4-14(15)17(23)20-13-8-6-12(7-9-13)16(22)21-18-19-10-11-26-18/h2-11H,1H3,(H,20,23)(H,19,21,22). The van der Waals surface area contributed by atoms with Gasteiger partial charge in [0.15, 0.2) is 15.0 Å². The van der Waals surface area contributed by atoms with Crippen molar-refractivity contribution in [3.8, 4) is 0 Å². The number of hydrogen-bond acceptors (Lipinski definition) is 6. The van der Waals surface area contributed by atoms with Gasteiger partial charge in [0, 0.05) is 29.1 Å². The first kappa shape index (κ1) is 18.7. The summed E-state index contributed by atoms with van der Waals surface area (Å²) in [6.07, 6.45) is 2.64. The zero-order valence-corrected chi connectivity index (χ0v) is 15.8. The van der Waals surface area contributed by atoms with E-state index < -0.39 is 15.7 Å². The van der Waals surface area contributed by atoms with Crippen molar-refractivity contribution in [2.75, 3.05) is 16.9 Å². The average Bonchev–Trinajstić information content (AvgIpc) is 3.14. The number of anilines is 2. The summed E-state index contributed by atoms with van der Waals surface area (Å²) >= 11 is 1.31. The molecule has 0 spiro atoms. The Morgan fingerprint density at radius 1 is 0.963 bits per heavy atom. The van der Waals surface area contributed by atoms with Crippen LogP contribution in [-0.4, -0.2) is 31.5 Å². The average molecular weight is 401 g/mol. The Morgan fingerprint density at radius 3 is 2.30 bits per heavy atom. The van der Waals surface area contributed by atoms with Crippen LogP contribution in [0.1, 0.15) is 20.7 Å². The van der Waals surface area contributed by atoms with Crippen LogP contribution in [0, 0.1) is 0 Å². The number of rotatable bonds is 5. The Labute approximate surface area is 160 Å². The molecular formula is C18H15N3O4S2. The first-order valence-electron chi connectivity index (χ1n) is 7.76. The first-order valence-corrected chi connectivity index (χ1v) is 10.5. The zero-order valence-electron chi connectivity index (χ0n) is 14.2. The molecule has 3 aromatic rings. The van der Waals surface area contributed by atoms with Gasteiger partial charge in [0.1, 0.15) is 0 Å². The van der Waals surface area contributed by atoms with E-state index in [1.54, 1.807) is 48.0 Å². The van der Waals surface area contributed by atoms with E-state index in [0.29, 0.717) is 16.4 Å². The van der Waals surface area contributed by atoms with Crippen molar-refractivity contribution in [3.05, 3.63) is 71.2 Å². The van der Waals surface area contributed by atoms with E-state index in [1.807, 2.05) is 0 Å². The number of benzene rings is 2. The lowest BCUT2D eigenvalue weighted by Crippen LogP contribution is -2.16. The third-order valence-electron chi connectivity index (χ3n) is 3.59. The summed E-state index contributed by atoms with van der Waals surface area (Å²) in [7, 11) is -3.53. The molecule has 0 aliphatic rings. The molecule has 3 rings (SSSR count). The Hall–Kier alpha value is -3.04. The van der Waals surface area contributed by atoms with Crippen molar-refractivity contribution < 1.29 is 18.0 Å². The second kappa shape index (κ2) is 7.68. The van der Waals surface area contributed by atoms with Gasteiger partial charge in [-0.25, -0.2) is 13.4 Å². The van der Waals surface area contributed by atoms with Gasteiger partial charge in [0.2, 0.25) is 0 Å². The minimum Gasteiger partial charge on any atom is -0.322 e. The first-order chi connectivity index (χ1) is 12.8. The minimum atomic E-state index is -3.53. The molecule has 27 heavy (non-hydrogen) atoms. The van der Waals surface area contributed by atoms with Gasteiger partial charge in [0.05, 0.1) is 10.5 Å². The topological polar surface area (TPSA) is 105 Å². The second-order valence-electron chi connectivity index (χ2n) is 5.59. The number of nitrogens with zero attached hydrogens (tertiary/aromatic N) is 1.